The quantitative estimate of drug-likeness (QED) is 0.753. The zero-order valence-corrected chi connectivity index (χ0v) is 13.1. The second kappa shape index (κ2) is 8.63. The fourth-order valence-corrected chi connectivity index (χ4v) is 3.49. The summed E-state index contributed by atoms with van der Waals surface area (Å²) < 4.78 is 0. The molecule has 2 aliphatic rings. The Bertz CT molecular complexity index is 281. The number of nitrogens with zero attached hydrogens (tertiary/aromatic N) is 2. The molecule has 1 amide bonds. The molecule has 1 saturated heterocycles. The summed E-state index contributed by atoms with van der Waals surface area (Å²) in [6, 6.07) is 0. The first-order valence-corrected chi connectivity index (χ1v) is 8.44. The van der Waals surface area contributed by atoms with Crippen LogP contribution in [0.3, 0.4) is 0 Å². The largest absolute Gasteiger partial charge is 0.340 e. The lowest BCUT2D eigenvalue weighted by Crippen LogP contribution is -2.49. The third-order valence-corrected chi connectivity index (χ3v) is 4.78. The summed E-state index contributed by atoms with van der Waals surface area (Å²) >= 11 is 0. The van der Waals surface area contributed by atoms with Crippen molar-refractivity contribution in [3.8, 4) is 0 Å². The fraction of sp³-hybridized carbons (Fsp3) is 0.938. The lowest BCUT2D eigenvalue weighted by molar-refractivity contribution is -0.133. The van der Waals surface area contributed by atoms with Crippen LogP contribution in [0, 0.1) is 5.92 Å². The number of hydrogen-bond acceptors (Lipinski definition) is 3. The van der Waals surface area contributed by atoms with E-state index in [1.165, 1.54) is 38.6 Å². The smallest absolute Gasteiger partial charge is 0.222 e. The van der Waals surface area contributed by atoms with Crippen LogP contribution in [0.5, 0.6) is 0 Å². The minimum atomic E-state index is 0.345. The third kappa shape index (κ3) is 5.06. The van der Waals surface area contributed by atoms with Crippen LogP contribution >= 0.6 is 0 Å². The van der Waals surface area contributed by atoms with E-state index < -0.39 is 0 Å². The van der Waals surface area contributed by atoms with Gasteiger partial charge in [-0.2, -0.15) is 0 Å². The predicted octanol–water partition coefficient (Wildman–Crippen LogP) is 1.71. The van der Waals surface area contributed by atoms with Crippen molar-refractivity contribution < 1.29 is 4.79 Å². The van der Waals surface area contributed by atoms with Crippen molar-refractivity contribution in [2.24, 2.45) is 5.92 Å². The van der Waals surface area contributed by atoms with Gasteiger partial charge in [-0.25, -0.2) is 0 Å². The van der Waals surface area contributed by atoms with E-state index in [0.717, 1.165) is 45.1 Å². The monoisotopic (exact) mass is 281 g/mol. The Kier molecular flexibility index (Phi) is 6.80. The van der Waals surface area contributed by atoms with Crippen LogP contribution in [0.25, 0.3) is 0 Å². The van der Waals surface area contributed by atoms with Gasteiger partial charge >= 0.3 is 0 Å². The molecule has 0 aromatic rings. The summed E-state index contributed by atoms with van der Waals surface area (Å²) in [4.78, 5) is 16.7. The van der Waals surface area contributed by atoms with Crippen molar-refractivity contribution in [2.75, 3.05) is 46.3 Å². The van der Waals surface area contributed by atoms with Gasteiger partial charge in [0.25, 0.3) is 0 Å². The van der Waals surface area contributed by atoms with E-state index >= 15 is 0 Å². The van der Waals surface area contributed by atoms with Crippen LogP contribution in [0.4, 0.5) is 0 Å². The minimum absolute atomic E-state index is 0.345. The highest BCUT2D eigenvalue weighted by molar-refractivity contribution is 5.76. The van der Waals surface area contributed by atoms with Crippen molar-refractivity contribution in [3.63, 3.8) is 0 Å². The Morgan fingerprint density at radius 3 is 2.45 bits per heavy atom. The van der Waals surface area contributed by atoms with Crippen LogP contribution in [0.1, 0.15) is 44.9 Å². The van der Waals surface area contributed by atoms with Crippen molar-refractivity contribution >= 4 is 5.91 Å². The molecular weight excluding hydrogens is 250 g/mol. The van der Waals surface area contributed by atoms with Crippen LogP contribution in [0.15, 0.2) is 0 Å². The number of nitrogens with one attached hydrogen (secondary N) is 1. The first-order valence-electron chi connectivity index (χ1n) is 8.44. The van der Waals surface area contributed by atoms with Gasteiger partial charge in [0.2, 0.25) is 5.91 Å². The second-order valence-corrected chi connectivity index (χ2v) is 6.39. The van der Waals surface area contributed by atoms with Crippen molar-refractivity contribution in [3.05, 3.63) is 0 Å². The van der Waals surface area contributed by atoms with Gasteiger partial charge in [0.05, 0.1) is 0 Å². The maximum absolute atomic E-state index is 12.0. The average molecular weight is 281 g/mol. The van der Waals surface area contributed by atoms with E-state index in [-0.39, 0.29) is 0 Å². The predicted molar refractivity (Wildman–Crippen MR) is 82.8 cm³/mol. The number of amides is 1. The zero-order chi connectivity index (χ0) is 14.2. The molecule has 0 aromatic heterocycles. The Balaban J connectivity index is 1.62. The maximum Gasteiger partial charge on any atom is 0.222 e. The molecule has 1 aliphatic carbocycles. The lowest BCUT2D eigenvalue weighted by atomic mass is 9.89. The standard InChI is InChI=1S/C16H31N3O/c1-17-9-5-8-16(20)19-12-10-18(11-13-19)14-15-6-3-2-4-7-15/h15,17H,2-14H2,1H3. The fourth-order valence-electron chi connectivity index (χ4n) is 3.49. The van der Waals surface area contributed by atoms with Crippen LogP contribution in [-0.2, 0) is 4.79 Å². The molecule has 4 heteroatoms. The van der Waals surface area contributed by atoms with E-state index in [9.17, 15) is 4.79 Å². The SMILES string of the molecule is CNCCCC(=O)N1CCN(CC2CCCCC2)CC1. The van der Waals surface area contributed by atoms with E-state index in [0.29, 0.717) is 12.3 Å². The number of piperazine rings is 1. The summed E-state index contributed by atoms with van der Waals surface area (Å²) in [6.07, 6.45) is 8.78. The summed E-state index contributed by atoms with van der Waals surface area (Å²) in [5.74, 6) is 1.26. The van der Waals surface area contributed by atoms with Crippen LogP contribution < -0.4 is 5.32 Å². The van der Waals surface area contributed by atoms with Crippen LogP contribution in [0.2, 0.25) is 0 Å². The number of carbonyl (C=O) groups is 1. The third-order valence-electron chi connectivity index (χ3n) is 4.78. The Hall–Kier alpha value is -0.610. The van der Waals surface area contributed by atoms with Crippen molar-refractivity contribution in [1.29, 1.82) is 0 Å². The Morgan fingerprint density at radius 2 is 1.80 bits per heavy atom. The van der Waals surface area contributed by atoms with Gasteiger partial charge in [0.15, 0.2) is 0 Å². The molecule has 1 aliphatic heterocycles. The topological polar surface area (TPSA) is 35.6 Å². The lowest BCUT2D eigenvalue weighted by Gasteiger charge is -2.37. The van der Waals surface area contributed by atoms with Crippen molar-refractivity contribution in [2.45, 2.75) is 44.9 Å². The molecular formula is C16H31N3O. The highest BCUT2D eigenvalue weighted by Crippen LogP contribution is 2.24. The molecule has 116 valence electrons. The van der Waals surface area contributed by atoms with Gasteiger partial charge in [0.1, 0.15) is 0 Å². The van der Waals surface area contributed by atoms with Gasteiger partial charge in [0, 0.05) is 39.1 Å². The van der Waals surface area contributed by atoms with Gasteiger partial charge in [-0.05, 0) is 38.8 Å². The van der Waals surface area contributed by atoms with Gasteiger partial charge in [-0.3, -0.25) is 9.69 Å². The number of rotatable bonds is 6. The molecule has 1 heterocycles. The van der Waals surface area contributed by atoms with Crippen molar-refractivity contribution in [1.82, 2.24) is 15.1 Å². The summed E-state index contributed by atoms with van der Waals surface area (Å²) in [7, 11) is 1.94. The molecule has 1 saturated carbocycles. The molecule has 2 fully saturated rings. The number of carbonyl (C=O) groups excluding carboxylic acids is 1. The van der Waals surface area contributed by atoms with Crippen LogP contribution in [-0.4, -0.2) is 62.0 Å². The molecule has 0 unspecified atom stereocenters. The molecule has 4 nitrogen and oxygen atoms in total. The normalized spacial score (nSPS) is 22.1. The minimum Gasteiger partial charge on any atom is -0.340 e. The van der Waals surface area contributed by atoms with E-state index in [4.69, 9.17) is 0 Å². The average Bonchev–Trinajstić information content (AvgIpc) is 2.49. The molecule has 0 atom stereocenters. The molecule has 0 aromatic carbocycles. The molecule has 20 heavy (non-hydrogen) atoms. The summed E-state index contributed by atoms with van der Waals surface area (Å²) in [6.45, 7) is 6.23. The maximum atomic E-state index is 12.0. The van der Waals surface area contributed by atoms with E-state index in [1.54, 1.807) is 0 Å². The first-order chi connectivity index (χ1) is 9.79. The van der Waals surface area contributed by atoms with Gasteiger partial charge in [-0.15, -0.1) is 0 Å². The summed E-state index contributed by atoms with van der Waals surface area (Å²) in [5.41, 5.74) is 0. The Labute approximate surface area is 123 Å². The van der Waals surface area contributed by atoms with Gasteiger partial charge < -0.3 is 10.2 Å². The number of hydrogen-bond donors (Lipinski definition) is 1. The summed E-state index contributed by atoms with van der Waals surface area (Å²) in [5, 5.41) is 3.10. The molecule has 0 spiro atoms. The molecule has 0 bridgehead atoms. The van der Waals surface area contributed by atoms with E-state index in [2.05, 4.69) is 15.1 Å². The van der Waals surface area contributed by atoms with Gasteiger partial charge in [-0.1, -0.05) is 19.3 Å². The Morgan fingerprint density at radius 1 is 1.10 bits per heavy atom. The molecule has 0 radical (unpaired) electrons. The first kappa shape index (κ1) is 15.8. The molecule has 1 N–H and O–H groups in total. The zero-order valence-electron chi connectivity index (χ0n) is 13.1. The van der Waals surface area contributed by atoms with E-state index in [1.807, 2.05) is 7.05 Å². The second-order valence-electron chi connectivity index (χ2n) is 6.39. The molecule has 2 rings (SSSR count). The highest BCUT2D eigenvalue weighted by Gasteiger charge is 2.23. The highest BCUT2D eigenvalue weighted by atomic mass is 16.2.